The van der Waals surface area contributed by atoms with E-state index in [1.54, 1.807) is 6.20 Å². The monoisotopic (exact) mass is 284 g/mol. The van der Waals surface area contributed by atoms with Crippen molar-refractivity contribution in [2.24, 2.45) is 0 Å². The fraction of sp³-hybridized carbons (Fsp3) is 0.786. The molecule has 5 heteroatoms. The molecule has 19 heavy (non-hydrogen) atoms. The van der Waals surface area contributed by atoms with Crippen LogP contribution in [0.4, 0.5) is 0 Å². The first-order chi connectivity index (χ1) is 9.13. The molecule has 0 spiro atoms. The lowest BCUT2D eigenvalue weighted by Gasteiger charge is -2.32. The lowest BCUT2D eigenvalue weighted by Crippen LogP contribution is -2.36. The number of hydrogen-bond donors (Lipinski definition) is 1. The van der Waals surface area contributed by atoms with Crippen LogP contribution >= 0.6 is 11.6 Å². The van der Waals surface area contributed by atoms with Crippen LogP contribution in [0, 0.1) is 0 Å². The fourth-order valence-corrected chi connectivity index (χ4v) is 3.30. The Morgan fingerprint density at radius 1 is 1.42 bits per heavy atom. The van der Waals surface area contributed by atoms with Crippen molar-refractivity contribution in [2.45, 2.75) is 44.2 Å². The van der Waals surface area contributed by atoms with E-state index in [0.717, 1.165) is 18.1 Å². The number of halogens is 1. The Bertz CT molecular complexity index is 402. The minimum Gasteiger partial charge on any atom is -0.316 e. The molecule has 2 rings (SSSR count). The maximum absolute atomic E-state index is 6.39. The van der Waals surface area contributed by atoms with Crippen LogP contribution in [-0.2, 0) is 6.54 Å². The molecule has 1 N–H and O–H groups in total. The summed E-state index contributed by atoms with van der Waals surface area (Å²) in [6, 6.07) is 0.529. The van der Waals surface area contributed by atoms with Gasteiger partial charge in [-0.1, -0.05) is 24.4 Å². The topological polar surface area (TPSA) is 33.1 Å². The molecule has 1 aliphatic rings. The normalized spacial score (nSPS) is 24.1. The third-order valence-electron chi connectivity index (χ3n) is 4.08. The molecule has 2 unspecified atom stereocenters. The van der Waals surface area contributed by atoms with E-state index in [1.807, 2.05) is 0 Å². The van der Waals surface area contributed by atoms with Crippen LogP contribution in [0.2, 0.25) is 5.02 Å². The smallest absolute Gasteiger partial charge is 0.0821 e. The molecular formula is C14H25ClN4. The van der Waals surface area contributed by atoms with Gasteiger partial charge in [-0.05, 0) is 34.0 Å². The minimum atomic E-state index is 0.496. The maximum atomic E-state index is 6.39. The predicted octanol–water partition coefficient (Wildman–Crippen LogP) is 2.34. The highest BCUT2D eigenvalue weighted by Crippen LogP contribution is 2.36. The van der Waals surface area contributed by atoms with Gasteiger partial charge >= 0.3 is 0 Å². The van der Waals surface area contributed by atoms with Crippen molar-refractivity contribution in [1.82, 2.24) is 20.0 Å². The molecule has 0 amide bonds. The standard InChI is InChI=1S/C14H25ClN4/c1-16-13-7-5-4-6-11(13)14-12(15)10-17-19(14)9-8-18(2)3/h10-11,13,16H,4-9H2,1-3H3. The van der Waals surface area contributed by atoms with E-state index < -0.39 is 0 Å². The molecule has 1 aromatic rings. The second-order valence-corrected chi connectivity index (χ2v) is 6.10. The van der Waals surface area contributed by atoms with Gasteiger partial charge in [-0.3, -0.25) is 4.68 Å². The highest BCUT2D eigenvalue weighted by molar-refractivity contribution is 6.31. The zero-order valence-electron chi connectivity index (χ0n) is 12.2. The molecule has 2 atom stereocenters. The second kappa shape index (κ2) is 6.73. The predicted molar refractivity (Wildman–Crippen MR) is 79.8 cm³/mol. The average molecular weight is 285 g/mol. The molecule has 0 bridgehead atoms. The number of nitrogens with one attached hydrogen (secondary N) is 1. The summed E-state index contributed by atoms with van der Waals surface area (Å²) in [5.74, 6) is 0.496. The molecule has 1 fully saturated rings. The second-order valence-electron chi connectivity index (χ2n) is 5.69. The van der Waals surface area contributed by atoms with Gasteiger partial charge in [0.25, 0.3) is 0 Å². The van der Waals surface area contributed by atoms with Gasteiger partial charge in [-0.25, -0.2) is 0 Å². The molecule has 108 valence electrons. The summed E-state index contributed by atoms with van der Waals surface area (Å²) in [6.45, 7) is 1.89. The Morgan fingerprint density at radius 3 is 2.84 bits per heavy atom. The SMILES string of the molecule is CNC1CCCCC1c1c(Cl)cnn1CCN(C)C. The third kappa shape index (κ3) is 3.50. The van der Waals surface area contributed by atoms with Gasteiger partial charge in [0, 0.05) is 18.5 Å². The number of nitrogens with zero attached hydrogens (tertiary/aromatic N) is 3. The van der Waals surface area contributed by atoms with Crippen molar-refractivity contribution in [3.8, 4) is 0 Å². The zero-order chi connectivity index (χ0) is 13.8. The minimum absolute atomic E-state index is 0.496. The average Bonchev–Trinajstić information content (AvgIpc) is 2.77. The van der Waals surface area contributed by atoms with Gasteiger partial charge in [-0.2, -0.15) is 5.10 Å². The van der Waals surface area contributed by atoms with Crippen LogP contribution in [0.5, 0.6) is 0 Å². The van der Waals surface area contributed by atoms with Gasteiger partial charge in [0.15, 0.2) is 0 Å². The quantitative estimate of drug-likeness (QED) is 0.901. The summed E-state index contributed by atoms with van der Waals surface area (Å²) in [5, 5.41) is 8.74. The van der Waals surface area contributed by atoms with E-state index in [-0.39, 0.29) is 0 Å². The van der Waals surface area contributed by atoms with Crippen LogP contribution in [-0.4, -0.2) is 48.4 Å². The molecule has 1 saturated carbocycles. The van der Waals surface area contributed by atoms with Crippen molar-refractivity contribution in [3.05, 3.63) is 16.9 Å². The molecule has 0 aromatic carbocycles. The Labute approximate surface area is 121 Å². The first kappa shape index (κ1) is 14.8. The Morgan fingerprint density at radius 2 is 2.16 bits per heavy atom. The Balaban J connectivity index is 2.19. The van der Waals surface area contributed by atoms with E-state index in [1.165, 1.54) is 31.4 Å². The van der Waals surface area contributed by atoms with Crippen LogP contribution in [0.25, 0.3) is 0 Å². The summed E-state index contributed by atoms with van der Waals surface area (Å²) in [6.07, 6.45) is 6.84. The van der Waals surface area contributed by atoms with Gasteiger partial charge in [0.05, 0.1) is 23.5 Å². The molecular weight excluding hydrogens is 260 g/mol. The molecule has 1 aromatic heterocycles. The summed E-state index contributed by atoms with van der Waals surface area (Å²) >= 11 is 6.39. The molecule has 0 saturated heterocycles. The lowest BCUT2D eigenvalue weighted by atomic mass is 9.82. The summed E-state index contributed by atoms with van der Waals surface area (Å²) < 4.78 is 2.10. The van der Waals surface area contributed by atoms with Gasteiger partial charge in [0.1, 0.15) is 0 Å². The Kier molecular flexibility index (Phi) is 5.25. The Hall–Kier alpha value is -0.580. The van der Waals surface area contributed by atoms with Crippen molar-refractivity contribution < 1.29 is 0 Å². The van der Waals surface area contributed by atoms with Crippen molar-refractivity contribution in [2.75, 3.05) is 27.7 Å². The number of hydrogen-bond acceptors (Lipinski definition) is 3. The number of likely N-dealkylation sites (N-methyl/N-ethyl adjacent to an activating group) is 2. The number of rotatable bonds is 5. The summed E-state index contributed by atoms with van der Waals surface area (Å²) in [5.41, 5.74) is 1.22. The van der Waals surface area contributed by atoms with E-state index in [9.17, 15) is 0 Å². The van der Waals surface area contributed by atoms with Crippen molar-refractivity contribution in [1.29, 1.82) is 0 Å². The molecule has 1 heterocycles. The first-order valence-electron chi connectivity index (χ1n) is 7.16. The maximum Gasteiger partial charge on any atom is 0.0821 e. The molecule has 1 aliphatic carbocycles. The molecule has 0 radical (unpaired) electrons. The summed E-state index contributed by atoms with van der Waals surface area (Å²) in [7, 11) is 6.22. The number of aromatic nitrogens is 2. The van der Waals surface area contributed by atoms with E-state index in [0.29, 0.717) is 12.0 Å². The van der Waals surface area contributed by atoms with E-state index in [2.05, 4.69) is 41.1 Å². The third-order valence-corrected chi connectivity index (χ3v) is 4.37. The zero-order valence-corrected chi connectivity index (χ0v) is 13.0. The van der Waals surface area contributed by atoms with Gasteiger partial charge in [0.2, 0.25) is 0 Å². The molecule has 4 nitrogen and oxygen atoms in total. The molecule has 0 aliphatic heterocycles. The van der Waals surface area contributed by atoms with Crippen LogP contribution in [0.3, 0.4) is 0 Å². The summed E-state index contributed by atoms with van der Waals surface area (Å²) in [4.78, 5) is 2.18. The highest BCUT2D eigenvalue weighted by atomic mass is 35.5. The van der Waals surface area contributed by atoms with Gasteiger partial charge < -0.3 is 10.2 Å². The van der Waals surface area contributed by atoms with E-state index >= 15 is 0 Å². The van der Waals surface area contributed by atoms with Crippen LogP contribution < -0.4 is 5.32 Å². The van der Waals surface area contributed by atoms with E-state index in [4.69, 9.17) is 11.6 Å². The lowest BCUT2D eigenvalue weighted by molar-refractivity contribution is 0.317. The first-order valence-corrected chi connectivity index (χ1v) is 7.54. The van der Waals surface area contributed by atoms with Crippen LogP contribution in [0.1, 0.15) is 37.3 Å². The van der Waals surface area contributed by atoms with Gasteiger partial charge in [-0.15, -0.1) is 0 Å². The van der Waals surface area contributed by atoms with Crippen molar-refractivity contribution in [3.63, 3.8) is 0 Å². The highest BCUT2D eigenvalue weighted by Gasteiger charge is 2.29. The largest absolute Gasteiger partial charge is 0.316 e. The van der Waals surface area contributed by atoms with Crippen LogP contribution in [0.15, 0.2) is 6.20 Å². The van der Waals surface area contributed by atoms with Crippen molar-refractivity contribution >= 4 is 11.6 Å². The fourth-order valence-electron chi connectivity index (χ4n) is 3.02.